The van der Waals surface area contributed by atoms with Gasteiger partial charge in [0.2, 0.25) is 0 Å². The molecule has 2 saturated carbocycles. The smallest absolute Gasteiger partial charge is 0.128 e. The van der Waals surface area contributed by atoms with Crippen molar-refractivity contribution in [3.05, 3.63) is 0 Å². The van der Waals surface area contributed by atoms with Crippen LogP contribution in [0.25, 0.3) is 0 Å². The van der Waals surface area contributed by atoms with E-state index in [0.717, 1.165) is 0 Å². The van der Waals surface area contributed by atoms with Gasteiger partial charge in [-0.2, -0.15) is 5.48 Å². The Kier molecular flexibility index (Phi) is 3.10. The van der Waals surface area contributed by atoms with E-state index in [4.69, 9.17) is 11.3 Å². The fourth-order valence-corrected chi connectivity index (χ4v) is 3.18. The van der Waals surface area contributed by atoms with Crippen molar-refractivity contribution in [2.45, 2.75) is 51.0 Å². The topological polar surface area (TPSA) is 21.3 Å². The minimum Gasteiger partial charge on any atom is -0.289 e. The van der Waals surface area contributed by atoms with Crippen LogP contribution in [0.3, 0.4) is 0 Å². The van der Waals surface area contributed by atoms with Crippen LogP contribution in [0.5, 0.6) is 0 Å². The molecule has 0 bridgehead atoms. The van der Waals surface area contributed by atoms with Crippen molar-refractivity contribution in [1.82, 2.24) is 5.48 Å². The lowest BCUT2D eigenvalue weighted by molar-refractivity contribution is 0.00478. The summed E-state index contributed by atoms with van der Waals surface area (Å²) in [7, 11) is 0. The normalized spacial score (nSPS) is 29.5. The molecule has 0 radical (unpaired) electrons. The summed E-state index contributed by atoms with van der Waals surface area (Å²) in [4.78, 5) is 5.27. The van der Waals surface area contributed by atoms with Gasteiger partial charge in [-0.25, -0.2) is 0 Å². The highest BCUT2D eigenvalue weighted by Gasteiger charge is 2.44. The SMILES string of the molecule is C#CCONC1CCCC12CCCC2. The summed E-state index contributed by atoms with van der Waals surface area (Å²) in [6.07, 6.45) is 14.7. The fraction of sp³-hybridized carbons (Fsp3) is 0.833. The minimum atomic E-state index is 0.382. The third kappa shape index (κ3) is 1.80. The van der Waals surface area contributed by atoms with Crippen LogP contribution in [0.2, 0.25) is 0 Å². The monoisotopic (exact) mass is 193 g/mol. The van der Waals surface area contributed by atoms with Crippen LogP contribution >= 0.6 is 0 Å². The van der Waals surface area contributed by atoms with Gasteiger partial charge in [-0.15, -0.1) is 6.42 Å². The molecule has 2 aliphatic carbocycles. The first-order valence-corrected chi connectivity index (χ1v) is 5.68. The van der Waals surface area contributed by atoms with E-state index in [1.54, 1.807) is 0 Å². The molecule has 78 valence electrons. The van der Waals surface area contributed by atoms with Crippen LogP contribution in [-0.4, -0.2) is 12.6 Å². The zero-order valence-corrected chi connectivity index (χ0v) is 8.72. The molecule has 2 heteroatoms. The largest absolute Gasteiger partial charge is 0.289 e. The summed E-state index contributed by atoms with van der Waals surface area (Å²) >= 11 is 0. The molecule has 2 aliphatic rings. The molecule has 2 fully saturated rings. The summed E-state index contributed by atoms with van der Waals surface area (Å²) in [5.74, 6) is 2.49. The second-order valence-corrected chi connectivity index (χ2v) is 4.62. The summed E-state index contributed by atoms with van der Waals surface area (Å²) in [5, 5.41) is 0. The highest BCUT2D eigenvalue weighted by molar-refractivity contribution is 4.98. The molecule has 0 amide bonds. The Balaban J connectivity index is 1.87. The van der Waals surface area contributed by atoms with E-state index < -0.39 is 0 Å². The number of hydroxylamine groups is 1. The van der Waals surface area contributed by atoms with E-state index in [1.807, 2.05) is 0 Å². The molecule has 1 spiro atoms. The van der Waals surface area contributed by atoms with E-state index in [9.17, 15) is 0 Å². The third-order valence-corrected chi connectivity index (χ3v) is 3.89. The van der Waals surface area contributed by atoms with Crippen molar-refractivity contribution in [2.75, 3.05) is 6.61 Å². The average Bonchev–Trinajstić information content (AvgIpc) is 2.80. The first kappa shape index (κ1) is 10.0. The predicted octanol–water partition coefficient (Wildman–Crippen LogP) is 2.25. The van der Waals surface area contributed by atoms with Crippen molar-refractivity contribution in [1.29, 1.82) is 0 Å². The summed E-state index contributed by atoms with van der Waals surface area (Å²) in [6.45, 7) is 0.382. The summed E-state index contributed by atoms with van der Waals surface area (Å²) in [5.41, 5.74) is 3.72. The molecule has 2 rings (SSSR count). The van der Waals surface area contributed by atoms with Crippen LogP contribution in [0.4, 0.5) is 0 Å². The van der Waals surface area contributed by atoms with Gasteiger partial charge >= 0.3 is 0 Å². The van der Waals surface area contributed by atoms with Gasteiger partial charge in [0.25, 0.3) is 0 Å². The summed E-state index contributed by atoms with van der Waals surface area (Å²) < 4.78 is 0. The molecule has 2 nitrogen and oxygen atoms in total. The van der Waals surface area contributed by atoms with Crippen LogP contribution < -0.4 is 5.48 Å². The van der Waals surface area contributed by atoms with Crippen molar-refractivity contribution in [3.8, 4) is 12.3 Å². The molecule has 1 atom stereocenters. The van der Waals surface area contributed by atoms with Crippen LogP contribution in [0.15, 0.2) is 0 Å². The number of hydrogen-bond donors (Lipinski definition) is 1. The van der Waals surface area contributed by atoms with E-state index in [-0.39, 0.29) is 0 Å². The molecular formula is C12H19NO. The molecule has 1 N–H and O–H groups in total. The van der Waals surface area contributed by atoms with Gasteiger partial charge in [-0.1, -0.05) is 25.2 Å². The highest BCUT2D eigenvalue weighted by Crippen LogP contribution is 2.50. The number of rotatable bonds is 3. The van der Waals surface area contributed by atoms with E-state index in [0.29, 0.717) is 18.1 Å². The Morgan fingerprint density at radius 1 is 1.29 bits per heavy atom. The van der Waals surface area contributed by atoms with Gasteiger partial charge < -0.3 is 0 Å². The molecule has 1 unspecified atom stereocenters. The maximum absolute atomic E-state index is 5.27. The van der Waals surface area contributed by atoms with E-state index in [1.165, 1.54) is 44.9 Å². The highest BCUT2D eigenvalue weighted by atomic mass is 16.6. The Morgan fingerprint density at radius 3 is 2.71 bits per heavy atom. The van der Waals surface area contributed by atoms with E-state index >= 15 is 0 Å². The van der Waals surface area contributed by atoms with Gasteiger partial charge in [0.1, 0.15) is 6.61 Å². The van der Waals surface area contributed by atoms with Gasteiger partial charge in [0.15, 0.2) is 0 Å². The first-order valence-electron chi connectivity index (χ1n) is 5.68. The Hall–Kier alpha value is -0.520. The average molecular weight is 193 g/mol. The zero-order valence-electron chi connectivity index (χ0n) is 8.72. The van der Waals surface area contributed by atoms with Gasteiger partial charge in [-0.05, 0) is 31.1 Å². The molecule has 0 aliphatic heterocycles. The minimum absolute atomic E-state index is 0.382. The number of nitrogens with one attached hydrogen (secondary N) is 1. The Bertz CT molecular complexity index is 219. The molecule has 14 heavy (non-hydrogen) atoms. The molecule has 0 aromatic rings. The lowest BCUT2D eigenvalue weighted by Crippen LogP contribution is -2.39. The van der Waals surface area contributed by atoms with Crippen molar-refractivity contribution < 1.29 is 4.84 Å². The quantitative estimate of drug-likeness (QED) is 0.422. The second-order valence-electron chi connectivity index (χ2n) is 4.62. The van der Waals surface area contributed by atoms with Crippen molar-refractivity contribution in [2.24, 2.45) is 5.41 Å². The van der Waals surface area contributed by atoms with Crippen molar-refractivity contribution in [3.63, 3.8) is 0 Å². The van der Waals surface area contributed by atoms with Crippen molar-refractivity contribution >= 4 is 0 Å². The molecular weight excluding hydrogens is 174 g/mol. The standard InChI is InChI=1S/C12H19NO/c1-2-10-14-13-11-6-5-9-12(11)7-3-4-8-12/h1,11,13H,3-10H2. The molecule has 0 aromatic heterocycles. The van der Waals surface area contributed by atoms with Crippen LogP contribution in [0.1, 0.15) is 44.9 Å². The molecule has 0 saturated heterocycles. The zero-order chi connectivity index (χ0) is 9.86. The van der Waals surface area contributed by atoms with Gasteiger partial charge in [0.05, 0.1) is 0 Å². The van der Waals surface area contributed by atoms with Crippen LogP contribution in [-0.2, 0) is 4.84 Å². The van der Waals surface area contributed by atoms with Gasteiger partial charge in [-0.3, -0.25) is 4.84 Å². The molecule has 0 aromatic carbocycles. The Labute approximate surface area is 86.4 Å². The predicted molar refractivity (Wildman–Crippen MR) is 56.5 cm³/mol. The number of terminal acetylenes is 1. The third-order valence-electron chi connectivity index (χ3n) is 3.89. The second kappa shape index (κ2) is 4.33. The van der Waals surface area contributed by atoms with Crippen LogP contribution in [0, 0.1) is 17.8 Å². The fourth-order valence-electron chi connectivity index (χ4n) is 3.18. The lowest BCUT2D eigenvalue weighted by Gasteiger charge is -2.31. The summed E-state index contributed by atoms with van der Waals surface area (Å²) in [6, 6.07) is 0.554. The molecule has 0 heterocycles. The Morgan fingerprint density at radius 2 is 2.00 bits per heavy atom. The van der Waals surface area contributed by atoms with E-state index in [2.05, 4.69) is 11.4 Å². The number of hydrogen-bond acceptors (Lipinski definition) is 2. The first-order chi connectivity index (χ1) is 6.87. The van der Waals surface area contributed by atoms with Gasteiger partial charge in [0, 0.05) is 6.04 Å². The maximum atomic E-state index is 5.27. The maximum Gasteiger partial charge on any atom is 0.128 e. The lowest BCUT2D eigenvalue weighted by atomic mass is 9.81.